The maximum Gasteiger partial charge on any atom is 0.250 e. The molecule has 0 atom stereocenters. The molecular formula is C14H15N3O2S2. The van der Waals surface area contributed by atoms with Crippen molar-refractivity contribution in [3.63, 3.8) is 0 Å². The molecule has 0 fully saturated rings. The van der Waals surface area contributed by atoms with E-state index >= 15 is 0 Å². The van der Waals surface area contributed by atoms with Gasteiger partial charge in [-0.05, 0) is 30.7 Å². The lowest BCUT2D eigenvalue weighted by Crippen LogP contribution is -2.22. The van der Waals surface area contributed by atoms with Crippen LogP contribution < -0.4 is 4.72 Å². The molecule has 1 aromatic carbocycles. The average Bonchev–Trinajstić information content (AvgIpc) is 3.11. The lowest BCUT2D eigenvalue weighted by Gasteiger charge is -2.02. The second-order valence-corrected chi connectivity index (χ2v) is 7.76. The van der Waals surface area contributed by atoms with Gasteiger partial charge in [-0.3, -0.25) is 0 Å². The Morgan fingerprint density at radius 1 is 1.24 bits per heavy atom. The van der Waals surface area contributed by atoms with Crippen molar-refractivity contribution < 1.29 is 8.42 Å². The number of benzene rings is 1. The number of sulfonamides is 1. The predicted molar refractivity (Wildman–Crippen MR) is 83.8 cm³/mol. The lowest BCUT2D eigenvalue weighted by atomic mass is 10.3. The minimum absolute atomic E-state index is 0.149. The van der Waals surface area contributed by atoms with E-state index in [4.69, 9.17) is 0 Å². The highest BCUT2D eigenvalue weighted by Crippen LogP contribution is 2.22. The zero-order valence-electron chi connectivity index (χ0n) is 11.5. The van der Waals surface area contributed by atoms with E-state index in [-0.39, 0.29) is 6.54 Å². The van der Waals surface area contributed by atoms with Crippen LogP contribution in [0.4, 0.5) is 0 Å². The fourth-order valence-corrected chi connectivity index (χ4v) is 4.34. The van der Waals surface area contributed by atoms with Gasteiger partial charge < -0.3 is 4.98 Å². The van der Waals surface area contributed by atoms with Crippen molar-refractivity contribution in [3.05, 3.63) is 47.1 Å². The Bertz CT molecular complexity index is 832. The second kappa shape index (κ2) is 5.59. The van der Waals surface area contributed by atoms with Gasteiger partial charge in [-0.15, -0.1) is 11.3 Å². The van der Waals surface area contributed by atoms with Gasteiger partial charge in [0.1, 0.15) is 10.0 Å². The van der Waals surface area contributed by atoms with E-state index in [0.717, 1.165) is 22.3 Å². The molecule has 5 nitrogen and oxygen atoms in total. The van der Waals surface area contributed by atoms with Gasteiger partial charge >= 0.3 is 0 Å². The summed E-state index contributed by atoms with van der Waals surface area (Å²) in [7, 11) is -3.48. The van der Waals surface area contributed by atoms with Crippen LogP contribution in [-0.2, 0) is 23.0 Å². The number of para-hydroxylation sites is 2. The molecule has 3 aromatic rings. The summed E-state index contributed by atoms with van der Waals surface area (Å²) in [5, 5.41) is 0. The van der Waals surface area contributed by atoms with Crippen molar-refractivity contribution in [3.8, 4) is 0 Å². The molecule has 3 rings (SSSR count). The Morgan fingerprint density at radius 2 is 2.05 bits per heavy atom. The molecule has 2 aromatic heterocycles. The fraction of sp³-hybridized carbons (Fsp3) is 0.214. The minimum atomic E-state index is -3.48. The van der Waals surface area contributed by atoms with Crippen LogP contribution in [0.3, 0.4) is 0 Å². The topological polar surface area (TPSA) is 74.8 Å². The van der Waals surface area contributed by atoms with Crippen LogP contribution in [-0.4, -0.2) is 18.4 Å². The summed E-state index contributed by atoms with van der Waals surface area (Å²) in [5.74, 6) is 0.604. The summed E-state index contributed by atoms with van der Waals surface area (Å²) in [6.07, 6.45) is 0.837. The molecule has 0 spiro atoms. The summed E-state index contributed by atoms with van der Waals surface area (Å²) in [6.45, 7) is 2.15. The number of aromatic nitrogens is 2. The van der Waals surface area contributed by atoms with Gasteiger partial charge in [0, 0.05) is 4.88 Å². The number of H-pyrrole nitrogens is 1. The number of hydrogen-bond acceptors (Lipinski definition) is 4. The first kappa shape index (κ1) is 14.2. The molecule has 110 valence electrons. The zero-order chi connectivity index (χ0) is 14.9. The monoisotopic (exact) mass is 321 g/mol. The largest absolute Gasteiger partial charge is 0.341 e. The molecule has 0 amide bonds. The van der Waals surface area contributed by atoms with Crippen LogP contribution in [0.25, 0.3) is 11.0 Å². The molecule has 0 unspecified atom stereocenters. The third-order valence-electron chi connectivity index (χ3n) is 3.12. The predicted octanol–water partition coefficient (Wildman–Crippen LogP) is 2.67. The van der Waals surface area contributed by atoms with Crippen molar-refractivity contribution in [1.29, 1.82) is 0 Å². The summed E-state index contributed by atoms with van der Waals surface area (Å²) >= 11 is 1.30. The molecule has 2 N–H and O–H groups in total. The van der Waals surface area contributed by atoms with Gasteiger partial charge in [-0.2, -0.15) is 0 Å². The van der Waals surface area contributed by atoms with E-state index in [1.165, 1.54) is 11.3 Å². The second-order valence-electron chi connectivity index (χ2n) is 4.60. The SMILES string of the molecule is CCc1ccc(S(=O)(=O)NCc2nc3ccccc3[nH]2)s1. The highest BCUT2D eigenvalue weighted by molar-refractivity contribution is 7.91. The van der Waals surface area contributed by atoms with Crippen LogP contribution in [0.2, 0.25) is 0 Å². The summed E-state index contributed by atoms with van der Waals surface area (Å²) in [4.78, 5) is 8.51. The van der Waals surface area contributed by atoms with Gasteiger partial charge in [0.15, 0.2) is 0 Å². The Morgan fingerprint density at radius 3 is 2.76 bits per heavy atom. The van der Waals surface area contributed by atoms with Gasteiger partial charge in [-0.1, -0.05) is 19.1 Å². The van der Waals surface area contributed by atoms with E-state index < -0.39 is 10.0 Å². The quantitative estimate of drug-likeness (QED) is 0.758. The molecule has 0 saturated carbocycles. The molecule has 2 heterocycles. The smallest absolute Gasteiger partial charge is 0.250 e. The van der Waals surface area contributed by atoms with Crippen molar-refractivity contribution in [1.82, 2.24) is 14.7 Å². The molecule has 0 radical (unpaired) electrons. The highest BCUT2D eigenvalue weighted by atomic mass is 32.2. The lowest BCUT2D eigenvalue weighted by molar-refractivity contribution is 0.582. The van der Waals surface area contributed by atoms with E-state index in [2.05, 4.69) is 14.7 Å². The Labute approximate surface area is 127 Å². The van der Waals surface area contributed by atoms with E-state index in [9.17, 15) is 8.42 Å². The van der Waals surface area contributed by atoms with Crippen LogP contribution in [0.5, 0.6) is 0 Å². The van der Waals surface area contributed by atoms with Crippen LogP contribution in [0.15, 0.2) is 40.6 Å². The highest BCUT2D eigenvalue weighted by Gasteiger charge is 2.17. The van der Waals surface area contributed by atoms with Gasteiger partial charge in [0.05, 0.1) is 17.6 Å². The Hall–Kier alpha value is -1.70. The maximum absolute atomic E-state index is 12.2. The molecule has 0 aliphatic heterocycles. The number of imidazole rings is 1. The zero-order valence-corrected chi connectivity index (χ0v) is 13.1. The minimum Gasteiger partial charge on any atom is -0.341 e. The number of fused-ring (bicyclic) bond motifs is 1. The van der Waals surface area contributed by atoms with E-state index in [1.54, 1.807) is 6.07 Å². The van der Waals surface area contributed by atoms with E-state index in [0.29, 0.717) is 10.0 Å². The molecule has 0 bridgehead atoms. The number of hydrogen-bond donors (Lipinski definition) is 2. The maximum atomic E-state index is 12.2. The molecule has 0 saturated heterocycles. The number of aromatic amines is 1. The normalized spacial score (nSPS) is 12.0. The summed E-state index contributed by atoms with van der Waals surface area (Å²) in [6, 6.07) is 11.1. The number of aryl methyl sites for hydroxylation is 1. The number of thiophene rings is 1. The van der Waals surface area contributed by atoms with Crippen molar-refractivity contribution >= 4 is 32.4 Å². The van der Waals surface area contributed by atoms with Crippen molar-refractivity contribution in [2.45, 2.75) is 24.1 Å². The first-order valence-corrected chi connectivity index (χ1v) is 8.90. The molecule has 7 heteroatoms. The number of nitrogens with zero attached hydrogens (tertiary/aromatic N) is 1. The molecule has 0 aliphatic rings. The van der Waals surface area contributed by atoms with Crippen molar-refractivity contribution in [2.24, 2.45) is 0 Å². The molecule has 0 aliphatic carbocycles. The molecule has 21 heavy (non-hydrogen) atoms. The standard InChI is InChI=1S/C14H15N3O2S2/c1-2-10-7-8-14(20-10)21(18,19)15-9-13-16-11-5-3-4-6-12(11)17-13/h3-8,15H,2,9H2,1H3,(H,16,17). The van der Waals surface area contributed by atoms with Crippen LogP contribution >= 0.6 is 11.3 Å². The first-order valence-electron chi connectivity index (χ1n) is 6.60. The van der Waals surface area contributed by atoms with Gasteiger partial charge in [-0.25, -0.2) is 18.1 Å². The van der Waals surface area contributed by atoms with Gasteiger partial charge in [0.25, 0.3) is 0 Å². The summed E-state index contributed by atoms with van der Waals surface area (Å²) in [5.41, 5.74) is 1.73. The third-order valence-corrected chi connectivity index (χ3v) is 6.24. The van der Waals surface area contributed by atoms with Crippen LogP contribution in [0, 0.1) is 0 Å². The number of rotatable bonds is 5. The van der Waals surface area contributed by atoms with E-state index in [1.807, 2.05) is 37.3 Å². The third kappa shape index (κ3) is 2.99. The Kier molecular flexibility index (Phi) is 3.79. The number of nitrogens with one attached hydrogen (secondary N) is 2. The molecular weight excluding hydrogens is 306 g/mol. The van der Waals surface area contributed by atoms with Crippen LogP contribution in [0.1, 0.15) is 17.6 Å². The Balaban J connectivity index is 1.76. The van der Waals surface area contributed by atoms with Gasteiger partial charge in [0.2, 0.25) is 10.0 Å². The summed E-state index contributed by atoms with van der Waals surface area (Å²) < 4.78 is 27.3. The average molecular weight is 321 g/mol. The first-order chi connectivity index (χ1) is 10.1. The van der Waals surface area contributed by atoms with Crippen molar-refractivity contribution in [2.75, 3.05) is 0 Å². The fourth-order valence-electron chi connectivity index (χ4n) is 2.02.